The highest BCUT2D eigenvalue weighted by atomic mass is 32.1. The van der Waals surface area contributed by atoms with Crippen molar-refractivity contribution in [3.05, 3.63) is 76.2 Å². The van der Waals surface area contributed by atoms with Crippen LogP contribution >= 0.6 is 11.3 Å². The number of halogens is 1. The SMILES string of the molecule is COc1ccc([C@H](C(=O)NC2CCCC2)N(C(=O)Cc2cccs2)c2ccc(F)cc2)cc1OC. The van der Waals surface area contributed by atoms with E-state index in [1.165, 1.54) is 54.7 Å². The molecule has 0 spiro atoms. The van der Waals surface area contributed by atoms with Crippen molar-refractivity contribution in [3.63, 3.8) is 0 Å². The van der Waals surface area contributed by atoms with Crippen LogP contribution < -0.4 is 19.7 Å². The lowest BCUT2D eigenvalue weighted by Crippen LogP contribution is -2.46. The van der Waals surface area contributed by atoms with Crippen LogP contribution in [0.1, 0.15) is 42.2 Å². The van der Waals surface area contributed by atoms with Crippen molar-refractivity contribution < 1.29 is 23.5 Å². The number of thiophene rings is 1. The molecule has 1 N–H and O–H groups in total. The fourth-order valence-electron chi connectivity index (χ4n) is 4.48. The predicted molar refractivity (Wildman–Crippen MR) is 135 cm³/mol. The Kier molecular flexibility index (Phi) is 8.02. The third-order valence-electron chi connectivity index (χ3n) is 6.21. The molecule has 3 aromatic rings. The van der Waals surface area contributed by atoms with Crippen molar-refractivity contribution in [3.8, 4) is 11.5 Å². The molecule has 1 aliphatic carbocycles. The summed E-state index contributed by atoms with van der Waals surface area (Å²) < 4.78 is 24.6. The van der Waals surface area contributed by atoms with Crippen molar-refractivity contribution in [2.24, 2.45) is 0 Å². The van der Waals surface area contributed by atoms with E-state index in [-0.39, 0.29) is 24.3 Å². The highest BCUT2D eigenvalue weighted by Gasteiger charge is 2.35. The van der Waals surface area contributed by atoms with Crippen LogP contribution in [-0.4, -0.2) is 32.1 Å². The fourth-order valence-corrected chi connectivity index (χ4v) is 5.17. The van der Waals surface area contributed by atoms with E-state index < -0.39 is 11.9 Å². The van der Waals surface area contributed by atoms with Crippen molar-refractivity contribution in [1.29, 1.82) is 0 Å². The molecule has 0 unspecified atom stereocenters. The minimum atomic E-state index is -0.978. The number of hydrogen-bond donors (Lipinski definition) is 1. The number of rotatable bonds is 9. The first kappa shape index (κ1) is 24.7. The molecule has 1 saturated carbocycles. The van der Waals surface area contributed by atoms with Crippen molar-refractivity contribution >= 4 is 28.8 Å². The Hall–Kier alpha value is -3.39. The molecular formula is C27H29FN2O4S. The maximum absolute atomic E-state index is 13.8. The molecule has 4 rings (SSSR count). The van der Waals surface area contributed by atoms with Crippen LogP contribution in [-0.2, 0) is 16.0 Å². The number of nitrogens with zero attached hydrogens (tertiary/aromatic N) is 1. The number of nitrogens with one attached hydrogen (secondary N) is 1. The van der Waals surface area contributed by atoms with E-state index in [2.05, 4.69) is 5.32 Å². The van der Waals surface area contributed by atoms with Gasteiger partial charge >= 0.3 is 0 Å². The first-order chi connectivity index (χ1) is 17.0. The zero-order valence-electron chi connectivity index (χ0n) is 19.8. The van der Waals surface area contributed by atoms with E-state index >= 15 is 0 Å². The lowest BCUT2D eigenvalue weighted by molar-refractivity contribution is -0.127. The molecule has 0 saturated heterocycles. The van der Waals surface area contributed by atoms with Crippen LogP contribution in [0.5, 0.6) is 11.5 Å². The fraction of sp³-hybridized carbons (Fsp3) is 0.333. The maximum Gasteiger partial charge on any atom is 0.248 e. The molecule has 35 heavy (non-hydrogen) atoms. The summed E-state index contributed by atoms with van der Waals surface area (Å²) in [5.41, 5.74) is 1.01. The van der Waals surface area contributed by atoms with Gasteiger partial charge in [-0.3, -0.25) is 14.5 Å². The van der Waals surface area contributed by atoms with Crippen LogP contribution in [0.2, 0.25) is 0 Å². The first-order valence-corrected chi connectivity index (χ1v) is 12.5. The third kappa shape index (κ3) is 5.82. The Morgan fingerprint density at radius 3 is 2.40 bits per heavy atom. The van der Waals surface area contributed by atoms with Crippen LogP contribution in [0.4, 0.5) is 10.1 Å². The number of hydrogen-bond acceptors (Lipinski definition) is 5. The van der Waals surface area contributed by atoms with Gasteiger partial charge < -0.3 is 14.8 Å². The standard InChI is InChI=1S/C27H29FN2O4S/c1-33-23-14-9-18(16-24(23)34-2)26(27(32)29-20-6-3-4-7-20)30(21-12-10-19(28)11-13-21)25(31)17-22-8-5-15-35-22/h5,8-16,20,26H,3-4,6-7,17H2,1-2H3,(H,29,32)/t26-/m1/s1. The van der Waals surface area contributed by atoms with Gasteiger partial charge in [-0.25, -0.2) is 4.39 Å². The van der Waals surface area contributed by atoms with Crippen LogP contribution in [0.25, 0.3) is 0 Å². The number of ether oxygens (including phenoxy) is 2. The summed E-state index contributed by atoms with van der Waals surface area (Å²) in [6, 6.07) is 13.7. The summed E-state index contributed by atoms with van der Waals surface area (Å²) in [5.74, 6) is 0.00347. The average Bonchev–Trinajstić information content (AvgIpc) is 3.57. The van der Waals surface area contributed by atoms with E-state index in [0.29, 0.717) is 22.7 Å². The van der Waals surface area contributed by atoms with Gasteiger partial charge in [0.25, 0.3) is 0 Å². The number of amides is 2. The molecule has 1 heterocycles. The van der Waals surface area contributed by atoms with Crippen LogP contribution in [0.3, 0.4) is 0 Å². The Balaban J connectivity index is 1.80. The number of carbonyl (C=O) groups excluding carboxylic acids is 2. The van der Waals surface area contributed by atoms with Gasteiger partial charge in [0.05, 0.1) is 20.6 Å². The summed E-state index contributed by atoms with van der Waals surface area (Å²) in [5, 5.41) is 5.05. The predicted octanol–water partition coefficient (Wildman–Crippen LogP) is 5.28. The normalized spacial score (nSPS) is 14.4. The van der Waals surface area contributed by atoms with E-state index in [4.69, 9.17) is 9.47 Å². The van der Waals surface area contributed by atoms with Gasteiger partial charge in [0.15, 0.2) is 11.5 Å². The van der Waals surface area contributed by atoms with E-state index in [1.54, 1.807) is 18.2 Å². The largest absolute Gasteiger partial charge is 0.493 e. The van der Waals surface area contributed by atoms with Gasteiger partial charge in [-0.2, -0.15) is 0 Å². The molecule has 6 nitrogen and oxygen atoms in total. The second-order valence-electron chi connectivity index (χ2n) is 8.50. The van der Waals surface area contributed by atoms with Gasteiger partial charge in [-0.1, -0.05) is 25.0 Å². The highest BCUT2D eigenvalue weighted by Crippen LogP contribution is 2.35. The summed E-state index contributed by atoms with van der Waals surface area (Å²) in [4.78, 5) is 29.9. The Labute approximate surface area is 208 Å². The molecule has 184 valence electrons. The molecule has 1 fully saturated rings. The lowest BCUT2D eigenvalue weighted by atomic mass is 10.0. The van der Waals surface area contributed by atoms with E-state index in [0.717, 1.165) is 30.6 Å². The quantitative estimate of drug-likeness (QED) is 0.438. The Bertz CT molecular complexity index is 1140. The highest BCUT2D eigenvalue weighted by molar-refractivity contribution is 7.10. The first-order valence-electron chi connectivity index (χ1n) is 11.6. The van der Waals surface area contributed by atoms with Crippen molar-refractivity contribution in [2.45, 2.75) is 44.2 Å². The third-order valence-corrected chi connectivity index (χ3v) is 7.09. The molecule has 0 bridgehead atoms. The maximum atomic E-state index is 13.8. The topological polar surface area (TPSA) is 67.9 Å². The average molecular weight is 497 g/mol. The molecule has 2 amide bonds. The molecule has 2 aromatic carbocycles. The lowest BCUT2D eigenvalue weighted by Gasteiger charge is -2.32. The van der Waals surface area contributed by atoms with Gasteiger partial charge in [-0.05, 0) is 66.2 Å². The Morgan fingerprint density at radius 2 is 1.77 bits per heavy atom. The molecule has 8 heteroatoms. The monoisotopic (exact) mass is 496 g/mol. The summed E-state index contributed by atoms with van der Waals surface area (Å²) in [7, 11) is 3.06. The minimum absolute atomic E-state index is 0.0626. The van der Waals surface area contributed by atoms with Gasteiger partial charge in [0.1, 0.15) is 11.9 Å². The number of methoxy groups -OCH3 is 2. The smallest absolute Gasteiger partial charge is 0.248 e. The second-order valence-corrected chi connectivity index (χ2v) is 9.54. The summed E-state index contributed by atoms with van der Waals surface area (Å²) >= 11 is 1.47. The van der Waals surface area contributed by atoms with Gasteiger partial charge in [0, 0.05) is 16.6 Å². The van der Waals surface area contributed by atoms with Gasteiger partial charge in [0.2, 0.25) is 11.8 Å². The molecule has 1 aromatic heterocycles. The van der Waals surface area contributed by atoms with Crippen molar-refractivity contribution in [2.75, 3.05) is 19.1 Å². The van der Waals surface area contributed by atoms with Crippen LogP contribution in [0, 0.1) is 5.82 Å². The number of benzene rings is 2. The Morgan fingerprint density at radius 1 is 1.06 bits per heavy atom. The van der Waals surface area contributed by atoms with E-state index in [1.807, 2.05) is 17.5 Å². The number of carbonyl (C=O) groups is 2. The molecular weight excluding hydrogens is 467 g/mol. The zero-order valence-corrected chi connectivity index (χ0v) is 20.6. The summed E-state index contributed by atoms with van der Waals surface area (Å²) in [6.07, 6.45) is 4.06. The van der Waals surface area contributed by atoms with Gasteiger partial charge in [-0.15, -0.1) is 11.3 Å². The van der Waals surface area contributed by atoms with Crippen molar-refractivity contribution in [1.82, 2.24) is 5.32 Å². The van der Waals surface area contributed by atoms with Crippen LogP contribution in [0.15, 0.2) is 60.0 Å². The molecule has 0 radical (unpaired) electrons. The minimum Gasteiger partial charge on any atom is -0.493 e. The van der Waals surface area contributed by atoms with E-state index in [9.17, 15) is 14.0 Å². The molecule has 1 aliphatic rings. The summed E-state index contributed by atoms with van der Waals surface area (Å²) in [6.45, 7) is 0. The molecule has 0 aliphatic heterocycles. The molecule has 1 atom stereocenters. The second kappa shape index (κ2) is 11.4. The number of anilines is 1. The zero-order chi connectivity index (χ0) is 24.8.